The van der Waals surface area contributed by atoms with Crippen molar-refractivity contribution < 1.29 is 4.84 Å². The Morgan fingerprint density at radius 2 is 1.56 bits per heavy atom. The van der Waals surface area contributed by atoms with E-state index in [0.717, 1.165) is 5.56 Å². The topological polar surface area (TPSA) is 12.5 Å². The highest BCUT2D eigenvalue weighted by molar-refractivity contribution is 5.19. The second-order valence-corrected chi connectivity index (χ2v) is 6.41. The zero-order valence-electron chi connectivity index (χ0n) is 11.9. The van der Waals surface area contributed by atoms with Gasteiger partial charge in [0.25, 0.3) is 0 Å². The number of benzene rings is 1. The molecule has 0 spiro atoms. The van der Waals surface area contributed by atoms with Gasteiger partial charge in [0.1, 0.15) is 6.61 Å². The van der Waals surface area contributed by atoms with Gasteiger partial charge in [0.15, 0.2) is 0 Å². The van der Waals surface area contributed by atoms with Crippen molar-refractivity contribution in [3.05, 3.63) is 42.5 Å². The summed E-state index contributed by atoms with van der Waals surface area (Å²) in [5.74, 6) is 0. The summed E-state index contributed by atoms with van der Waals surface area (Å²) in [6, 6.07) is 10.2. The first-order chi connectivity index (χ1) is 8.42. The molecule has 0 aliphatic carbocycles. The van der Waals surface area contributed by atoms with E-state index < -0.39 is 0 Å². The molecule has 1 saturated heterocycles. The normalized spacial score (nSPS) is 22.9. The van der Waals surface area contributed by atoms with E-state index in [9.17, 15) is 0 Å². The average Bonchev–Trinajstić information content (AvgIpc) is 2.28. The predicted molar refractivity (Wildman–Crippen MR) is 74.8 cm³/mol. The molecule has 1 aromatic carbocycles. The number of hydroxylamine groups is 2. The van der Waals surface area contributed by atoms with Crippen molar-refractivity contribution in [3.63, 3.8) is 0 Å². The Bertz CT molecular complexity index is 367. The molecule has 0 saturated carbocycles. The Hall–Kier alpha value is -0.860. The summed E-state index contributed by atoms with van der Waals surface area (Å²) in [5.41, 5.74) is 1.29. The molecule has 0 aromatic heterocycles. The van der Waals surface area contributed by atoms with E-state index in [0.29, 0.717) is 0 Å². The number of nitrogens with zero attached hydrogens (tertiary/aromatic N) is 1. The number of hydrogen-bond donors (Lipinski definition) is 0. The highest BCUT2D eigenvalue weighted by Crippen LogP contribution is 2.38. The smallest absolute Gasteiger partial charge is 0.137 e. The molecule has 2 rings (SSSR count). The molecule has 2 nitrogen and oxygen atoms in total. The Morgan fingerprint density at radius 1 is 1.00 bits per heavy atom. The molecule has 0 N–H and O–H groups in total. The fourth-order valence-electron chi connectivity index (χ4n) is 2.91. The molecule has 0 unspecified atom stereocenters. The minimum atomic E-state index is 0.0903. The summed E-state index contributed by atoms with van der Waals surface area (Å²) in [6.45, 7) is 10.9. The number of rotatable bonds is 3. The zero-order valence-corrected chi connectivity index (χ0v) is 11.9. The van der Waals surface area contributed by atoms with Crippen molar-refractivity contribution in [2.24, 2.45) is 0 Å². The zero-order chi connectivity index (χ0) is 13.2. The van der Waals surface area contributed by atoms with Gasteiger partial charge in [-0.15, -0.1) is 0 Å². The lowest BCUT2D eigenvalue weighted by molar-refractivity contribution is -0.257. The fourth-order valence-corrected chi connectivity index (χ4v) is 2.91. The molecule has 1 fully saturated rings. The lowest BCUT2D eigenvalue weighted by Gasteiger charge is -2.51. The molecule has 2 heteroatoms. The van der Waals surface area contributed by atoms with Crippen molar-refractivity contribution >= 4 is 0 Å². The summed E-state index contributed by atoms with van der Waals surface area (Å²) in [4.78, 5) is 6.01. The molecule has 1 aromatic rings. The first-order valence-corrected chi connectivity index (χ1v) is 6.77. The second-order valence-electron chi connectivity index (χ2n) is 6.41. The standard InChI is InChI=1S/C16H24NO/c1-15(2)11-8-12-16(3,4)17(15)18-13-14-9-6-5-7-10-14/h5-7,9-10,13H,8,11-12H2,1-4H3. The van der Waals surface area contributed by atoms with Gasteiger partial charge in [0.2, 0.25) is 0 Å². The van der Waals surface area contributed by atoms with Gasteiger partial charge in [-0.3, -0.25) is 4.84 Å². The summed E-state index contributed by atoms with van der Waals surface area (Å²) in [7, 11) is 0. The highest BCUT2D eigenvalue weighted by Gasteiger charge is 2.42. The lowest BCUT2D eigenvalue weighted by atomic mass is 9.82. The van der Waals surface area contributed by atoms with E-state index in [4.69, 9.17) is 4.84 Å². The fraction of sp³-hybridized carbons (Fsp3) is 0.562. The maximum Gasteiger partial charge on any atom is 0.137 e. The molecule has 18 heavy (non-hydrogen) atoms. The van der Waals surface area contributed by atoms with Gasteiger partial charge in [0.05, 0.1) is 0 Å². The van der Waals surface area contributed by atoms with Gasteiger partial charge < -0.3 is 0 Å². The van der Waals surface area contributed by atoms with E-state index in [2.05, 4.69) is 44.9 Å². The lowest BCUT2D eigenvalue weighted by Crippen LogP contribution is -2.57. The summed E-state index contributed by atoms with van der Waals surface area (Å²) >= 11 is 0. The molecular formula is C16H24NO. The third-order valence-corrected chi connectivity index (χ3v) is 3.77. The average molecular weight is 246 g/mol. The molecule has 99 valence electrons. The van der Waals surface area contributed by atoms with Crippen LogP contribution in [0.5, 0.6) is 0 Å². The SMILES string of the molecule is CC1(C)CCCC(C)(C)N1O[CH]c1ccccc1. The Labute approximate surface area is 111 Å². The van der Waals surface area contributed by atoms with E-state index in [1.165, 1.54) is 19.3 Å². The minimum Gasteiger partial charge on any atom is -0.287 e. The molecule has 1 heterocycles. The van der Waals surface area contributed by atoms with Crippen LogP contribution in [0.3, 0.4) is 0 Å². The van der Waals surface area contributed by atoms with Crippen molar-refractivity contribution in [3.8, 4) is 0 Å². The van der Waals surface area contributed by atoms with Gasteiger partial charge in [-0.05, 0) is 52.5 Å². The summed E-state index contributed by atoms with van der Waals surface area (Å²) in [6.07, 6.45) is 3.63. The first kappa shape index (κ1) is 13.6. The summed E-state index contributed by atoms with van der Waals surface area (Å²) < 4.78 is 0. The maximum atomic E-state index is 6.01. The predicted octanol–water partition coefficient (Wildman–Crippen LogP) is 4.17. The quantitative estimate of drug-likeness (QED) is 0.793. The van der Waals surface area contributed by atoms with E-state index in [-0.39, 0.29) is 11.1 Å². The molecule has 0 amide bonds. The van der Waals surface area contributed by atoms with Gasteiger partial charge >= 0.3 is 0 Å². The number of piperidine rings is 1. The molecule has 0 atom stereocenters. The number of hydrogen-bond acceptors (Lipinski definition) is 2. The van der Waals surface area contributed by atoms with Gasteiger partial charge in [-0.1, -0.05) is 30.3 Å². The van der Waals surface area contributed by atoms with Gasteiger partial charge in [-0.25, -0.2) is 0 Å². The first-order valence-electron chi connectivity index (χ1n) is 6.77. The third kappa shape index (κ3) is 2.93. The van der Waals surface area contributed by atoms with Crippen LogP contribution in [0.15, 0.2) is 30.3 Å². The Morgan fingerprint density at radius 3 is 2.11 bits per heavy atom. The van der Waals surface area contributed by atoms with Crippen LogP contribution in [0, 0.1) is 6.61 Å². The minimum absolute atomic E-state index is 0.0903. The van der Waals surface area contributed by atoms with Gasteiger partial charge in [-0.2, -0.15) is 5.06 Å². The third-order valence-electron chi connectivity index (χ3n) is 3.77. The summed E-state index contributed by atoms with van der Waals surface area (Å²) in [5, 5.41) is 2.16. The molecule has 0 bridgehead atoms. The van der Waals surface area contributed by atoms with Gasteiger partial charge in [0, 0.05) is 11.1 Å². The van der Waals surface area contributed by atoms with E-state index >= 15 is 0 Å². The molecule has 1 radical (unpaired) electrons. The van der Waals surface area contributed by atoms with Crippen LogP contribution < -0.4 is 0 Å². The van der Waals surface area contributed by atoms with Crippen molar-refractivity contribution in [1.82, 2.24) is 5.06 Å². The van der Waals surface area contributed by atoms with Crippen molar-refractivity contribution in [1.29, 1.82) is 0 Å². The Balaban J connectivity index is 2.05. The maximum absolute atomic E-state index is 6.01. The van der Waals surface area contributed by atoms with Crippen LogP contribution in [-0.2, 0) is 4.84 Å². The van der Waals surface area contributed by atoms with Crippen LogP contribution >= 0.6 is 0 Å². The highest BCUT2D eigenvalue weighted by atomic mass is 16.7. The van der Waals surface area contributed by atoms with Crippen LogP contribution in [0.1, 0.15) is 52.5 Å². The van der Waals surface area contributed by atoms with Crippen LogP contribution in [0.2, 0.25) is 0 Å². The monoisotopic (exact) mass is 246 g/mol. The Kier molecular flexibility index (Phi) is 3.79. The van der Waals surface area contributed by atoms with Crippen LogP contribution in [0.4, 0.5) is 0 Å². The van der Waals surface area contributed by atoms with E-state index in [1.807, 2.05) is 24.8 Å². The largest absolute Gasteiger partial charge is 0.287 e. The van der Waals surface area contributed by atoms with Crippen LogP contribution in [-0.4, -0.2) is 16.1 Å². The van der Waals surface area contributed by atoms with E-state index in [1.54, 1.807) is 0 Å². The second kappa shape index (κ2) is 5.02. The molecule has 1 aliphatic heterocycles. The van der Waals surface area contributed by atoms with Crippen molar-refractivity contribution in [2.75, 3.05) is 0 Å². The van der Waals surface area contributed by atoms with Crippen LogP contribution in [0.25, 0.3) is 0 Å². The molecular weight excluding hydrogens is 222 g/mol. The molecule has 1 aliphatic rings. The van der Waals surface area contributed by atoms with Crippen molar-refractivity contribution in [2.45, 2.75) is 58.0 Å².